The van der Waals surface area contributed by atoms with E-state index in [1.807, 2.05) is 24.3 Å². The topological polar surface area (TPSA) is 30.5 Å². The van der Waals surface area contributed by atoms with Crippen molar-refractivity contribution in [3.05, 3.63) is 24.3 Å². The van der Waals surface area contributed by atoms with Crippen LogP contribution in [0.1, 0.15) is 40.5 Å². The van der Waals surface area contributed by atoms with Crippen LogP contribution in [-0.2, 0) is 0 Å². The molecule has 1 rings (SSSR count). The minimum absolute atomic E-state index is 0.391. The van der Waals surface area contributed by atoms with E-state index in [4.69, 9.17) is 9.47 Å². The van der Waals surface area contributed by atoms with Gasteiger partial charge < -0.3 is 14.8 Å². The van der Waals surface area contributed by atoms with Gasteiger partial charge in [0.25, 0.3) is 0 Å². The van der Waals surface area contributed by atoms with Gasteiger partial charge in [-0.15, -0.1) is 0 Å². The predicted octanol–water partition coefficient (Wildman–Crippen LogP) is 3.88. The summed E-state index contributed by atoms with van der Waals surface area (Å²) in [6.45, 7) is 12.2. The van der Waals surface area contributed by atoms with Crippen molar-refractivity contribution in [1.29, 1.82) is 0 Å². The molecule has 0 aliphatic carbocycles. The van der Waals surface area contributed by atoms with Gasteiger partial charge in [-0.25, -0.2) is 0 Å². The summed E-state index contributed by atoms with van der Waals surface area (Å²) in [5.74, 6) is 1.80. The zero-order valence-corrected chi connectivity index (χ0v) is 13.4. The fourth-order valence-corrected chi connectivity index (χ4v) is 1.68. The average Bonchev–Trinajstić information content (AvgIpc) is 2.40. The molecule has 3 heteroatoms. The molecule has 0 unspecified atom stereocenters. The minimum Gasteiger partial charge on any atom is -0.494 e. The van der Waals surface area contributed by atoms with Crippen molar-refractivity contribution in [2.75, 3.05) is 26.3 Å². The predicted molar refractivity (Wildman–Crippen MR) is 84.7 cm³/mol. The van der Waals surface area contributed by atoms with E-state index in [1.54, 1.807) is 0 Å². The van der Waals surface area contributed by atoms with Gasteiger partial charge in [-0.2, -0.15) is 0 Å². The molecule has 114 valence electrons. The molecule has 0 aromatic heterocycles. The maximum absolute atomic E-state index is 5.68. The van der Waals surface area contributed by atoms with Gasteiger partial charge in [0.1, 0.15) is 18.1 Å². The van der Waals surface area contributed by atoms with Crippen LogP contribution in [0.15, 0.2) is 24.3 Å². The number of rotatable bonds is 9. The Morgan fingerprint density at radius 2 is 1.45 bits per heavy atom. The van der Waals surface area contributed by atoms with Crippen LogP contribution in [0, 0.1) is 5.41 Å². The van der Waals surface area contributed by atoms with Gasteiger partial charge in [0, 0.05) is 6.54 Å². The Labute approximate surface area is 123 Å². The van der Waals surface area contributed by atoms with Crippen LogP contribution in [0.2, 0.25) is 0 Å². The summed E-state index contributed by atoms with van der Waals surface area (Å²) in [7, 11) is 0. The third-order valence-electron chi connectivity index (χ3n) is 2.90. The fourth-order valence-electron chi connectivity index (χ4n) is 1.68. The summed E-state index contributed by atoms with van der Waals surface area (Å²) in [5, 5.41) is 3.40. The van der Waals surface area contributed by atoms with Crippen molar-refractivity contribution in [2.24, 2.45) is 5.41 Å². The van der Waals surface area contributed by atoms with Gasteiger partial charge in [-0.3, -0.25) is 0 Å². The normalized spacial score (nSPS) is 11.4. The molecule has 0 heterocycles. The molecule has 0 amide bonds. The lowest BCUT2D eigenvalue weighted by molar-refractivity contribution is 0.300. The van der Waals surface area contributed by atoms with Crippen LogP contribution in [0.25, 0.3) is 0 Å². The lowest BCUT2D eigenvalue weighted by Gasteiger charge is -2.18. The number of benzene rings is 1. The molecule has 0 fully saturated rings. The summed E-state index contributed by atoms with van der Waals surface area (Å²) in [6, 6.07) is 7.83. The number of nitrogens with one attached hydrogen (secondary N) is 1. The third kappa shape index (κ3) is 8.05. The van der Waals surface area contributed by atoms with Gasteiger partial charge in [0.05, 0.1) is 6.61 Å². The zero-order chi connectivity index (χ0) is 14.8. The van der Waals surface area contributed by atoms with E-state index in [0.29, 0.717) is 12.0 Å². The Kier molecular flexibility index (Phi) is 7.45. The first-order chi connectivity index (χ1) is 9.51. The second-order valence-electron chi connectivity index (χ2n) is 6.23. The minimum atomic E-state index is 0.391. The molecule has 20 heavy (non-hydrogen) atoms. The van der Waals surface area contributed by atoms with Crippen LogP contribution in [0.5, 0.6) is 11.5 Å². The largest absolute Gasteiger partial charge is 0.494 e. The van der Waals surface area contributed by atoms with E-state index < -0.39 is 0 Å². The second-order valence-corrected chi connectivity index (χ2v) is 6.23. The highest BCUT2D eigenvalue weighted by Gasteiger charge is 2.08. The first-order valence-electron chi connectivity index (χ1n) is 7.57. The summed E-state index contributed by atoms with van der Waals surface area (Å²) in [4.78, 5) is 0. The SMILES string of the molecule is CCCOc1ccc(OCCNCCC(C)(C)C)cc1. The van der Waals surface area contributed by atoms with Gasteiger partial charge in [-0.1, -0.05) is 27.7 Å². The highest BCUT2D eigenvalue weighted by atomic mass is 16.5. The van der Waals surface area contributed by atoms with Crippen molar-refractivity contribution >= 4 is 0 Å². The highest BCUT2D eigenvalue weighted by molar-refractivity contribution is 5.31. The van der Waals surface area contributed by atoms with Crippen molar-refractivity contribution < 1.29 is 9.47 Å². The molecule has 0 saturated carbocycles. The number of hydrogen-bond donors (Lipinski definition) is 1. The van der Waals surface area contributed by atoms with Crippen LogP contribution in [-0.4, -0.2) is 26.3 Å². The van der Waals surface area contributed by atoms with E-state index in [1.165, 1.54) is 6.42 Å². The summed E-state index contributed by atoms with van der Waals surface area (Å²) < 4.78 is 11.2. The summed E-state index contributed by atoms with van der Waals surface area (Å²) >= 11 is 0. The van der Waals surface area contributed by atoms with Gasteiger partial charge in [0.15, 0.2) is 0 Å². The van der Waals surface area contributed by atoms with E-state index in [9.17, 15) is 0 Å². The molecule has 1 N–H and O–H groups in total. The van der Waals surface area contributed by atoms with E-state index in [0.717, 1.165) is 37.6 Å². The highest BCUT2D eigenvalue weighted by Crippen LogP contribution is 2.18. The Morgan fingerprint density at radius 1 is 0.900 bits per heavy atom. The maximum Gasteiger partial charge on any atom is 0.119 e. The standard InChI is InChI=1S/C17H29NO2/c1-5-13-19-15-6-8-16(9-7-15)20-14-12-18-11-10-17(2,3)4/h6-9,18H,5,10-14H2,1-4H3. The first kappa shape index (κ1) is 16.8. The second kappa shape index (κ2) is 8.85. The molecule has 0 aliphatic heterocycles. The van der Waals surface area contributed by atoms with E-state index in [2.05, 4.69) is 33.0 Å². The quantitative estimate of drug-likeness (QED) is 0.696. The van der Waals surface area contributed by atoms with Crippen molar-refractivity contribution in [2.45, 2.75) is 40.5 Å². The number of hydrogen-bond acceptors (Lipinski definition) is 3. The molecule has 0 aliphatic rings. The maximum atomic E-state index is 5.68. The molecule has 0 atom stereocenters. The van der Waals surface area contributed by atoms with Gasteiger partial charge in [-0.05, 0) is 49.1 Å². The van der Waals surface area contributed by atoms with Gasteiger partial charge in [0.2, 0.25) is 0 Å². The Balaban J connectivity index is 2.13. The van der Waals surface area contributed by atoms with Crippen LogP contribution in [0.3, 0.4) is 0 Å². The smallest absolute Gasteiger partial charge is 0.119 e. The zero-order valence-electron chi connectivity index (χ0n) is 13.4. The molecule has 1 aromatic rings. The van der Waals surface area contributed by atoms with Crippen molar-refractivity contribution in [3.63, 3.8) is 0 Å². The lowest BCUT2D eigenvalue weighted by Crippen LogP contribution is -2.25. The molecular formula is C17H29NO2. The Morgan fingerprint density at radius 3 is 1.95 bits per heavy atom. The monoisotopic (exact) mass is 279 g/mol. The van der Waals surface area contributed by atoms with Crippen LogP contribution in [0.4, 0.5) is 0 Å². The number of ether oxygens (including phenoxy) is 2. The third-order valence-corrected chi connectivity index (χ3v) is 2.90. The first-order valence-corrected chi connectivity index (χ1v) is 7.57. The molecule has 0 bridgehead atoms. The van der Waals surface area contributed by atoms with Crippen molar-refractivity contribution in [3.8, 4) is 11.5 Å². The van der Waals surface area contributed by atoms with Gasteiger partial charge >= 0.3 is 0 Å². The molecule has 0 radical (unpaired) electrons. The molecule has 0 saturated heterocycles. The van der Waals surface area contributed by atoms with E-state index >= 15 is 0 Å². The molecule has 0 spiro atoms. The molecule has 1 aromatic carbocycles. The Hall–Kier alpha value is -1.22. The summed E-state index contributed by atoms with van der Waals surface area (Å²) in [6.07, 6.45) is 2.20. The fraction of sp³-hybridized carbons (Fsp3) is 0.647. The average molecular weight is 279 g/mol. The summed E-state index contributed by atoms with van der Waals surface area (Å²) in [5.41, 5.74) is 0.391. The van der Waals surface area contributed by atoms with Crippen molar-refractivity contribution in [1.82, 2.24) is 5.32 Å². The molecule has 3 nitrogen and oxygen atoms in total. The lowest BCUT2D eigenvalue weighted by atomic mass is 9.92. The Bertz CT molecular complexity index is 354. The molecular weight excluding hydrogens is 250 g/mol. The van der Waals surface area contributed by atoms with Crippen LogP contribution < -0.4 is 14.8 Å². The van der Waals surface area contributed by atoms with Crippen LogP contribution >= 0.6 is 0 Å². The van der Waals surface area contributed by atoms with E-state index in [-0.39, 0.29) is 0 Å².